The Kier molecular flexibility index (Phi) is 3.38. The maximum atomic E-state index is 12.4. The normalized spacial score (nSPS) is 29.1. The molecule has 0 aromatic carbocycles. The second-order valence-electron chi connectivity index (χ2n) is 5.23. The Hall–Kier alpha value is -1.10. The predicted octanol–water partition coefficient (Wildman–Crippen LogP) is 0.309. The average Bonchev–Trinajstić information content (AvgIpc) is 2.71. The third-order valence-electron chi connectivity index (χ3n) is 4.08. The molecule has 0 aromatic rings. The summed E-state index contributed by atoms with van der Waals surface area (Å²) in [7, 11) is 0. The SMILES string of the molecule is CCC1(C(=O)N2CC(CC(=O)O)C2)CCNC1. The fraction of sp³-hybridized carbons (Fsp3) is 0.833. The molecule has 17 heavy (non-hydrogen) atoms. The van der Waals surface area contributed by atoms with Gasteiger partial charge in [-0.25, -0.2) is 0 Å². The molecule has 1 atom stereocenters. The molecule has 0 spiro atoms. The Bertz CT molecular complexity index is 318. The molecule has 1 amide bonds. The summed E-state index contributed by atoms with van der Waals surface area (Å²) in [4.78, 5) is 24.7. The van der Waals surface area contributed by atoms with Crippen LogP contribution in [0.2, 0.25) is 0 Å². The lowest BCUT2D eigenvalue weighted by Crippen LogP contribution is -2.56. The van der Waals surface area contributed by atoms with Crippen LogP contribution >= 0.6 is 0 Å². The fourth-order valence-electron chi connectivity index (χ4n) is 2.83. The van der Waals surface area contributed by atoms with Gasteiger partial charge in [-0.15, -0.1) is 0 Å². The Morgan fingerprint density at radius 2 is 2.18 bits per heavy atom. The molecule has 0 radical (unpaired) electrons. The van der Waals surface area contributed by atoms with Crippen LogP contribution in [0.5, 0.6) is 0 Å². The highest BCUT2D eigenvalue weighted by Crippen LogP contribution is 2.34. The van der Waals surface area contributed by atoms with Crippen molar-refractivity contribution in [2.45, 2.75) is 26.2 Å². The third kappa shape index (κ3) is 2.29. The van der Waals surface area contributed by atoms with Gasteiger partial charge in [0, 0.05) is 25.6 Å². The third-order valence-corrected chi connectivity index (χ3v) is 4.08. The summed E-state index contributed by atoms with van der Waals surface area (Å²) in [6.07, 6.45) is 1.95. The average molecular weight is 240 g/mol. The van der Waals surface area contributed by atoms with Crippen molar-refractivity contribution in [1.29, 1.82) is 0 Å². The molecular weight excluding hydrogens is 220 g/mol. The lowest BCUT2D eigenvalue weighted by Gasteiger charge is -2.43. The van der Waals surface area contributed by atoms with Gasteiger partial charge in [0.2, 0.25) is 5.91 Å². The summed E-state index contributed by atoms with van der Waals surface area (Å²) < 4.78 is 0. The number of likely N-dealkylation sites (tertiary alicyclic amines) is 1. The monoisotopic (exact) mass is 240 g/mol. The predicted molar refractivity (Wildman–Crippen MR) is 62.5 cm³/mol. The first-order chi connectivity index (χ1) is 8.07. The molecule has 0 aromatic heterocycles. The zero-order valence-electron chi connectivity index (χ0n) is 10.2. The number of amides is 1. The van der Waals surface area contributed by atoms with Crippen molar-refractivity contribution in [2.75, 3.05) is 26.2 Å². The lowest BCUT2D eigenvalue weighted by molar-refractivity contribution is -0.151. The van der Waals surface area contributed by atoms with Crippen LogP contribution in [0.4, 0.5) is 0 Å². The van der Waals surface area contributed by atoms with Gasteiger partial charge in [-0.05, 0) is 19.4 Å². The van der Waals surface area contributed by atoms with Crippen molar-refractivity contribution >= 4 is 11.9 Å². The van der Waals surface area contributed by atoms with Gasteiger partial charge >= 0.3 is 5.97 Å². The number of nitrogens with zero attached hydrogens (tertiary/aromatic N) is 1. The van der Waals surface area contributed by atoms with Crippen LogP contribution in [-0.4, -0.2) is 48.1 Å². The molecule has 2 aliphatic heterocycles. The van der Waals surface area contributed by atoms with Gasteiger partial charge in [0.1, 0.15) is 0 Å². The van der Waals surface area contributed by atoms with Gasteiger partial charge in [-0.1, -0.05) is 6.92 Å². The number of carboxylic acid groups (broad SMARTS) is 1. The first-order valence-electron chi connectivity index (χ1n) is 6.29. The van der Waals surface area contributed by atoms with E-state index < -0.39 is 5.97 Å². The van der Waals surface area contributed by atoms with Gasteiger partial charge in [-0.2, -0.15) is 0 Å². The molecular formula is C12H20N2O3. The number of hydrogen-bond acceptors (Lipinski definition) is 3. The van der Waals surface area contributed by atoms with Gasteiger partial charge in [0.15, 0.2) is 0 Å². The number of rotatable bonds is 4. The van der Waals surface area contributed by atoms with E-state index >= 15 is 0 Å². The van der Waals surface area contributed by atoms with Gasteiger partial charge < -0.3 is 15.3 Å². The zero-order chi connectivity index (χ0) is 12.5. The zero-order valence-corrected chi connectivity index (χ0v) is 10.2. The van der Waals surface area contributed by atoms with Crippen molar-refractivity contribution in [2.24, 2.45) is 11.3 Å². The molecule has 1 unspecified atom stereocenters. The van der Waals surface area contributed by atoms with Gasteiger partial charge in [-0.3, -0.25) is 9.59 Å². The smallest absolute Gasteiger partial charge is 0.303 e. The van der Waals surface area contributed by atoms with E-state index in [0.717, 1.165) is 25.9 Å². The quantitative estimate of drug-likeness (QED) is 0.742. The number of nitrogens with one attached hydrogen (secondary N) is 1. The van der Waals surface area contributed by atoms with Crippen molar-refractivity contribution < 1.29 is 14.7 Å². The summed E-state index contributed by atoms with van der Waals surface area (Å²) >= 11 is 0. The van der Waals surface area contributed by atoms with E-state index in [-0.39, 0.29) is 23.7 Å². The Morgan fingerprint density at radius 1 is 1.47 bits per heavy atom. The molecule has 5 heteroatoms. The molecule has 0 aliphatic carbocycles. The minimum atomic E-state index is -0.769. The van der Waals surface area contributed by atoms with Crippen LogP contribution in [0, 0.1) is 11.3 Å². The van der Waals surface area contributed by atoms with Gasteiger partial charge in [0.25, 0.3) is 0 Å². The van der Waals surface area contributed by atoms with E-state index in [1.165, 1.54) is 0 Å². The molecule has 2 aliphatic rings. The standard InChI is InChI=1S/C12H20N2O3/c1-2-12(3-4-13-8-12)11(17)14-6-9(7-14)5-10(15)16/h9,13H,2-8H2,1H3,(H,15,16). The summed E-state index contributed by atoms with van der Waals surface area (Å²) in [6.45, 7) is 4.97. The van der Waals surface area contributed by atoms with E-state index in [9.17, 15) is 9.59 Å². The molecule has 5 nitrogen and oxygen atoms in total. The van der Waals surface area contributed by atoms with Crippen LogP contribution in [0.1, 0.15) is 26.2 Å². The van der Waals surface area contributed by atoms with Crippen LogP contribution in [0.25, 0.3) is 0 Å². The summed E-state index contributed by atoms with van der Waals surface area (Å²) in [5, 5.41) is 11.9. The highest BCUT2D eigenvalue weighted by atomic mass is 16.4. The number of aliphatic carboxylic acids is 1. The lowest BCUT2D eigenvalue weighted by atomic mass is 9.81. The molecule has 2 fully saturated rings. The molecule has 0 saturated carbocycles. The number of hydrogen-bond donors (Lipinski definition) is 2. The first kappa shape index (κ1) is 12.4. The molecule has 2 heterocycles. The second kappa shape index (κ2) is 4.64. The summed E-state index contributed by atoms with van der Waals surface area (Å²) in [5.41, 5.74) is -0.228. The van der Waals surface area contributed by atoms with E-state index in [1.807, 2.05) is 4.90 Å². The maximum absolute atomic E-state index is 12.4. The van der Waals surface area contributed by atoms with Crippen LogP contribution < -0.4 is 5.32 Å². The van der Waals surface area contributed by atoms with E-state index in [4.69, 9.17) is 5.11 Å². The number of carboxylic acids is 1. The highest BCUT2D eigenvalue weighted by Gasteiger charge is 2.45. The maximum Gasteiger partial charge on any atom is 0.303 e. The van der Waals surface area contributed by atoms with Crippen LogP contribution in [0.3, 0.4) is 0 Å². The van der Waals surface area contributed by atoms with Crippen molar-refractivity contribution in [1.82, 2.24) is 10.2 Å². The molecule has 96 valence electrons. The largest absolute Gasteiger partial charge is 0.481 e. The minimum Gasteiger partial charge on any atom is -0.481 e. The first-order valence-corrected chi connectivity index (χ1v) is 6.29. The summed E-state index contributed by atoms with van der Waals surface area (Å²) in [6, 6.07) is 0. The van der Waals surface area contributed by atoms with Crippen molar-refractivity contribution in [3.05, 3.63) is 0 Å². The van der Waals surface area contributed by atoms with Crippen LogP contribution in [0.15, 0.2) is 0 Å². The van der Waals surface area contributed by atoms with E-state index in [2.05, 4.69) is 12.2 Å². The Morgan fingerprint density at radius 3 is 2.65 bits per heavy atom. The van der Waals surface area contributed by atoms with Crippen molar-refractivity contribution in [3.63, 3.8) is 0 Å². The van der Waals surface area contributed by atoms with E-state index in [0.29, 0.717) is 13.1 Å². The summed E-state index contributed by atoms with van der Waals surface area (Å²) in [5.74, 6) is -0.402. The van der Waals surface area contributed by atoms with E-state index in [1.54, 1.807) is 0 Å². The topological polar surface area (TPSA) is 69.6 Å². The second-order valence-corrected chi connectivity index (χ2v) is 5.23. The fourth-order valence-corrected chi connectivity index (χ4v) is 2.83. The molecule has 2 saturated heterocycles. The minimum absolute atomic E-state index is 0.153. The van der Waals surface area contributed by atoms with Gasteiger partial charge in [0.05, 0.1) is 11.8 Å². The molecule has 0 bridgehead atoms. The Balaban J connectivity index is 1.88. The molecule has 2 rings (SSSR count). The highest BCUT2D eigenvalue weighted by molar-refractivity contribution is 5.84. The number of carbonyl (C=O) groups is 2. The number of carbonyl (C=O) groups excluding carboxylic acids is 1. The molecule has 2 N–H and O–H groups in total. The van der Waals surface area contributed by atoms with Crippen LogP contribution in [-0.2, 0) is 9.59 Å². The van der Waals surface area contributed by atoms with Crippen molar-refractivity contribution in [3.8, 4) is 0 Å². The Labute approximate surface area is 101 Å².